The van der Waals surface area contributed by atoms with Crippen molar-refractivity contribution in [2.24, 2.45) is 11.8 Å². The number of anilines is 1. The molecule has 2 unspecified atom stereocenters. The van der Waals surface area contributed by atoms with E-state index in [-0.39, 0.29) is 5.28 Å². The normalized spacial score (nSPS) is 32.5. The lowest BCUT2D eigenvalue weighted by molar-refractivity contribution is 0.647. The Bertz CT molecular complexity index is 388. The smallest absolute Gasteiger partial charge is 0.245 e. The van der Waals surface area contributed by atoms with Crippen LogP contribution in [-0.4, -0.2) is 21.2 Å². The maximum atomic E-state index is 5.86. The summed E-state index contributed by atoms with van der Waals surface area (Å²) in [4.78, 5) is 4.02. The number of nitrogens with one attached hydrogen (secondary N) is 1. The minimum absolute atomic E-state index is 0.130. The van der Waals surface area contributed by atoms with E-state index in [1.807, 2.05) is 0 Å². The molecule has 0 aliphatic heterocycles. The fourth-order valence-corrected chi connectivity index (χ4v) is 2.67. The molecule has 1 N–H and O–H groups in total. The van der Waals surface area contributed by atoms with E-state index in [2.05, 4.69) is 20.5 Å². The molecular formula is C9H10Cl2N4. The number of nitrogens with zero attached hydrogens (tertiary/aromatic N) is 3. The lowest BCUT2D eigenvalue weighted by Crippen LogP contribution is -2.18. The number of halogens is 2. The highest BCUT2D eigenvalue weighted by molar-refractivity contribution is 6.32. The molecule has 3 rings (SSSR count). The molecule has 6 heteroatoms. The van der Waals surface area contributed by atoms with Gasteiger partial charge >= 0.3 is 0 Å². The molecule has 1 aromatic rings. The maximum Gasteiger partial charge on any atom is 0.245 e. The molecule has 2 atom stereocenters. The second-order valence-corrected chi connectivity index (χ2v) is 4.98. The Balaban J connectivity index is 1.73. The van der Waals surface area contributed by atoms with E-state index in [0.717, 1.165) is 11.8 Å². The summed E-state index contributed by atoms with van der Waals surface area (Å²) in [6, 6.07) is 0.471. The van der Waals surface area contributed by atoms with Crippen LogP contribution in [0.15, 0.2) is 0 Å². The van der Waals surface area contributed by atoms with Crippen LogP contribution in [0.4, 0.5) is 5.82 Å². The monoisotopic (exact) mass is 244 g/mol. The Kier molecular flexibility index (Phi) is 2.21. The summed E-state index contributed by atoms with van der Waals surface area (Å²) in [5.74, 6) is 2.40. The van der Waals surface area contributed by atoms with Crippen LogP contribution < -0.4 is 5.32 Å². The zero-order valence-electron chi connectivity index (χ0n) is 7.95. The van der Waals surface area contributed by atoms with Gasteiger partial charge < -0.3 is 5.32 Å². The van der Waals surface area contributed by atoms with Gasteiger partial charge in [0.05, 0.1) is 0 Å². The minimum Gasteiger partial charge on any atom is -0.365 e. The Morgan fingerprint density at radius 3 is 2.53 bits per heavy atom. The molecule has 2 aliphatic carbocycles. The number of fused-ring (bicyclic) bond motifs is 1. The molecule has 4 nitrogen and oxygen atoms in total. The molecule has 2 fully saturated rings. The molecule has 15 heavy (non-hydrogen) atoms. The molecule has 1 aromatic heterocycles. The first-order valence-electron chi connectivity index (χ1n) is 5.04. The standard InChI is InChI=1S/C9H10Cl2N4/c10-7-8(13-9(11)15-14-7)12-6-2-4-1-5(4)3-6/h4-6H,1-3H2,(H,12,13,15). The third-order valence-corrected chi connectivity index (χ3v) is 3.62. The molecule has 2 saturated carbocycles. The van der Waals surface area contributed by atoms with E-state index >= 15 is 0 Å². The number of hydrogen-bond acceptors (Lipinski definition) is 4. The second-order valence-electron chi connectivity index (χ2n) is 4.29. The summed E-state index contributed by atoms with van der Waals surface area (Å²) in [6.45, 7) is 0. The van der Waals surface area contributed by atoms with Crippen LogP contribution in [0.5, 0.6) is 0 Å². The van der Waals surface area contributed by atoms with Crippen LogP contribution in [-0.2, 0) is 0 Å². The molecule has 0 saturated heterocycles. The topological polar surface area (TPSA) is 50.7 Å². The Morgan fingerprint density at radius 2 is 1.80 bits per heavy atom. The van der Waals surface area contributed by atoms with Crippen molar-refractivity contribution >= 4 is 29.0 Å². The van der Waals surface area contributed by atoms with E-state index in [4.69, 9.17) is 23.2 Å². The third kappa shape index (κ3) is 1.88. The van der Waals surface area contributed by atoms with E-state index in [0.29, 0.717) is 17.0 Å². The van der Waals surface area contributed by atoms with Gasteiger partial charge in [-0.2, -0.15) is 4.98 Å². The van der Waals surface area contributed by atoms with Crippen LogP contribution in [0.3, 0.4) is 0 Å². The van der Waals surface area contributed by atoms with Gasteiger partial charge in [-0.05, 0) is 42.7 Å². The third-order valence-electron chi connectivity index (χ3n) is 3.20. The number of hydrogen-bond donors (Lipinski definition) is 1. The largest absolute Gasteiger partial charge is 0.365 e. The van der Waals surface area contributed by atoms with E-state index < -0.39 is 0 Å². The highest BCUT2D eigenvalue weighted by Gasteiger charge is 2.45. The van der Waals surface area contributed by atoms with Crippen LogP contribution in [0, 0.1) is 11.8 Å². The number of aromatic nitrogens is 3. The van der Waals surface area contributed by atoms with Gasteiger partial charge in [0.25, 0.3) is 0 Å². The van der Waals surface area contributed by atoms with E-state index in [1.165, 1.54) is 19.3 Å². The molecule has 1 heterocycles. The van der Waals surface area contributed by atoms with Gasteiger partial charge in [0.15, 0.2) is 11.0 Å². The van der Waals surface area contributed by atoms with Crippen molar-refractivity contribution in [1.82, 2.24) is 15.2 Å². The van der Waals surface area contributed by atoms with Crippen molar-refractivity contribution in [3.8, 4) is 0 Å². The average Bonchev–Trinajstić information content (AvgIpc) is 2.81. The lowest BCUT2D eigenvalue weighted by atomic mass is 10.2. The highest BCUT2D eigenvalue weighted by Crippen LogP contribution is 2.52. The van der Waals surface area contributed by atoms with Crippen molar-refractivity contribution < 1.29 is 0 Å². The molecule has 80 valence electrons. The fraction of sp³-hybridized carbons (Fsp3) is 0.667. The van der Waals surface area contributed by atoms with Crippen molar-refractivity contribution in [2.75, 3.05) is 5.32 Å². The first kappa shape index (κ1) is 9.60. The summed E-state index contributed by atoms with van der Waals surface area (Å²) in [5.41, 5.74) is 0. The maximum absolute atomic E-state index is 5.86. The Morgan fingerprint density at radius 1 is 1.07 bits per heavy atom. The van der Waals surface area contributed by atoms with Gasteiger partial charge in [0.1, 0.15) is 0 Å². The van der Waals surface area contributed by atoms with Gasteiger partial charge in [-0.1, -0.05) is 11.6 Å². The van der Waals surface area contributed by atoms with Crippen molar-refractivity contribution in [2.45, 2.75) is 25.3 Å². The highest BCUT2D eigenvalue weighted by atomic mass is 35.5. The van der Waals surface area contributed by atoms with Crippen molar-refractivity contribution in [3.63, 3.8) is 0 Å². The summed E-state index contributed by atoms with van der Waals surface area (Å²) in [5, 5.41) is 11.0. The van der Waals surface area contributed by atoms with E-state index in [9.17, 15) is 0 Å². The zero-order chi connectivity index (χ0) is 10.4. The first-order valence-corrected chi connectivity index (χ1v) is 5.80. The summed E-state index contributed by atoms with van der Waals surface area (Å²) < 4.78 is 0. The van der Waals surface area contributed by atoms with Crippen molar-refractivity contribution in [3.05, 3.63) is 10.4 Å². The van der Waals surface area contributed by atoms with Crippen molar-refractivity contribution in [1.29, 1.82) is 0 Å². The summed E-state index contributed by atoms with van der Waals surface area (Å²) >= 11 is 11.5. The van der Waals surface area contributed by atoms with E-state index in [1.54, 1.807) is 0 Å². The molecule has 0 spiro atoms. The summed E-state index contributed by atoms with van der Waals surface area (Å²) in [7, 11) is 0. The molecule has 2 aliphatic rings. The SMILES string of the molecule is Clc1nnc(Cl)c(NC2CC3CC3C2)n1. The first-order chi connectivity index (χ1) is 7.22. The van der Waals surface area contributed by atoms with Gasteiger partial charge in [0.2, 0.25) is 5.28 Å². The molecule has 0 radical (unpaired) electrons. The Labute approximate surface area is 97.4 Å². The second kappa shape index (κ2) is 3.46. The van der Waals surface area contributed by atoms with Crippen LogP contribution in [0.2, 0.25) is 10.4 Å². The predicted octanol–water partition coefficient (Wildman–Crippen LogP) is 2.39. The predicted molar refractivity (Wildman–Crippen MR) is 58.1 cm³/mol. The van der Waals surface area contributed by atoms with Gasteiger partial charge in [-0.25, -0.2) is 0 Å². The van der Waals surface area contributed by atoms with Gasteiger partial charge in [0, 0.05) is 6.04 Å². The lowest BCUT2D eigenvalue weighted by Gasteiger charge is -2.14. The minimum atomic E-state index is 0.130. The zero-order valence-corrected chi connectivity index (χ0v) is 9.46. The quantitative estimate of drug-likeness (QED) is 0.869. The molecule has 0 bridgehead atoms. The molecule has 0 aromatic carbocycles. The summed E-state index contributed by atoms with van der Waals surface area (Å²) in [6.07, 6.45) is 3.82. The molecule has 0 amide bonds. The molecular weight excluding hydrogens is 235 g/mol. The van der Waals surface area contributed by atoms with Crippen LogP contribution in [0.1, 0.15) is 19.3 Å². The number of rotatable bonds is 2. The van der Waals surface area contributed by atoms with Crippen LogP contribution in [0.25, 0.3) is 0 Å². The Hall–Kier alpha value is -0.610. The van der Waals surface area contributed by atoms with Crippen LogP contribution >= 0.6 is 23.2 Å². The van der Waals surface area contributed by atoms with Gasteiger partial charge in [-0.15, -0.1) is 10.2 Å². The van der Waals surface area contributed by atoms with Gasteiger partial charge in [-0.3, -0.25) is 0 Å². The fourth-order valence-electron chi connectivity index (χ4n) is 2.41. The average molecular weight is 245 g/mol.